The van der Waals surface area contributed by atoms with Gasteiger partial charge in [-0.25, -0.2) is 0 Å². The molecule has 0 saturated heterocycles. The molecule has 2 aromatic rings. The standard InChI is InChI=1S/C13H16N4S/c1-18-13(6-7-13)10-14-11-2-4-12(5-3-11)17-15-8-9-16-17/h2-5,8-9,14H,6-7,10H2,1H3. The summed E-state index contributed by atoms with van der Waals surface area (Å²) in [5.41, 5.74) is 2.14. The molecule has 1 saturated carbocycles. The second kappa shape index (κ2) is 4.65. The molecule has 0 spiro atoms. The fourth-order valence-electron chi connectivity index (χ4n) is 1.92. The van der Waals surface area contributed by atoms with Gasteiger partial charge in [0.25, 0.3) is 0 Å². The Bertz CT molecular complexity index is 502. The predicted molar refractivity (Wildman–Crippen MR) is 75.3 cm³/mol. The van der Waals surface area contributed by atoms with Gasteiger partial charge in [0.05, 0.1) is 18.1 Å². The molecule has 4 nitrogen and oxygen atoms in total. The molecule has 94 valence electrons. The van der Waals surface area contributed by atoms with E-state index in [-0.39, 0.29) is 0 Å². The largest absolute Gasteiger partial charge is 0.384 e. The van der Waals surface area contributed by atoms with E-state index in [1.54, 1.807) is 17.2 Å². The molecule has 1 aromatic heterocycles. The summed E-state index contributed by atoms with van der Waals surface area (Å²) in [6, 6.07) is 8.21. The number of benzene rings is 1. The molecule has 5 heteroatoms. The third kappa shape index (κ3) is 2.36. The van der Waals surface area contributed by atoms with Crippen LogP contribution in [0.15, 0.2) is 36.7 Å². The van der Waals surface area contributed by atoms with E-state index in [4.69, 9.17) is 0 Å². The Hall–Kier alpha value is -1.49. The summed E-state index contributed by atoms with van der Waals surface area (Å²) < 4.78 is 0.488. The van der Waals surface area contributed by atoms with E-state index < -0.39 is 0 Å². The lowest BCUT2D eigenvalue weighted by Gasteiger charge is -2.14. The summed E-state index contributed by atoms with van der Waals surface area (Å²) in [6.45, 7) is 1.05. The van der Waals surface area contributed by atoms with Crippen LogP contribution in [0.1, 0.15) is 12.8 Å². The monoisotopic (exact) mass is 260 g/mol. The van der Waals surface area contributed by atoms with Crippen molar-refractivity contribution in [1.82, 2.24) is 15.0 Å². The highest BCUT2D eigenvalue weighted by molar-refractivity contribution is 8.00. The highest BCUT2D eigenvalue weighted by atomic mass is 32.2. The lowest BCUT2D eigenvalue weighted by Crippen LogP contribution is -2.17. The van der Waals surface area contributed by atoms with E-state index in [1.807, 2.05) is 23.9 Å². The molecule has 18 heavy (non-hydrogen) atoms. The summed E-state index contributed by atoms with van der Waals surface area (Å²) in [4.78, 5) is 1.62. The molecular formula is C13H16N4S. The van der Waals surface area contributed by atoms with E-state index in [2.05, 4.69) is 33.9 Å². The molecular weight excluding hydrogens is 244 g/mol. The molecule has 1 fully saturated rings. The summed E-state index contributed by atoms with van der Waals surface area (Å²) in [6.07, 6.45) is 8.22. The van der Waals surface area contributed by atoms with Gasteiger partial charge in [-0.3, -0.25) is 0 Å². The number of rotatable bonds is 5. The summed E-state index contributed by atoms with van der Waals surface area (Å²) in [5, 5.41) is 11.7. The van der Waals surface area contributed by atoms with Crippen molar-refractivity contribution in [3.63, 3.8) is 0 Å². The molecule has 1 aliphatic rings. The molecule has 1 aliphatic carbocycles. The van der Waals surface area contributed by atoms with Crippen LogP contribution < -0.4 is 5.32 Å². The molecule has 0 unspecified atom stereocenters. The molecule has 0 amide bonds. The Morgan fingerprint density at radius 1 is 1.22 bits per heavy atom. The second-order valence-corrected chi connectivity index (χ2v) is 5.88. The van der Waals surface area contributed by atoms with Gasteiger partial charge in [0.2, 0.25) is 0 Å². The first-order valence-electron chi connectivity index (χ1n) is 6.07. The van der Waals surface area contributed by atoms with Crippen LogP contribution in [0.4, 0.5) is 5.69 Å². The van der Waals surface area contributed by atoms with Crippen LogP contribution in [-0.2, 0) is 0 Å². The van der Waals surface area contributed by atoms with E-state index in [0.29, 0.717) is 4.75 Å². The van der Waals surface area contributed by atoms with Crippen molar-refractivity contribution in [2.24, 2.45) is 0 Å². The maximum atomic E-state index is 4.11. The molecule has 1 heterocycles. The van der Waals surface area contributed by atoms with Gasteiger partial charge < -0.3 is 5.32 Å². The quantitative estimate of drug-likeness (QED) is 0.897. The zero-order valence-electron chi connectivity index (χ0n) is 10.3. The first-order chi connectivity index (χ1) is 8.81. The fourth-order valence-corrected chi connectivity index (χ4v) is 2.64. The highest BCUT2D eigenvalue weighted by Gasteiger charge is 2.41. The molecule has 1 aromatic carbocycles. The van der Waals surface area contributed by atoms with Gasteiger partial charge in [-0.1, -0.05) is 0 Å². The minimum Gasteiger partial charge on any atom is -0.384 e. The zero-order chi connectivity index (χ0) is 12.4. The van der Waals surface area contributed by atoms with Crippen molar-refractivity contribution < 1.29 is 0 Å². The molecule has 0 aliphatic heterocycles. The van der Waals surface area contributed by atoms with Crippen molar-refractivity contribution >= 4 is 17.4 Å². The Labute approximate surface area is 111 Å². The van der Waals surface area contributed by atoms with Gasteiger partial charge in [0, 0.05) is 17.0 Å². The minimum atomic E-state index is 0.488. The SMILES string of the molecule is CSC1(CNc2ccc(-n3nccn3)cc2)CC1. The topological polar surface area (TPSA) is 42.7 Å². The molecule has 0 bridgehead atoms. The average Bonchev–Trinajstić information content (AvgIpc) is 3.00. The lowest BCUT2D eigenvalue weighted by atomic mass is 10.2. The average molecular weight is 260 g/mol. The third-order valence-electron chi connectivity index (χ3n) is 3.37. The Kier molecular flexibility index (Phi) is 2.99. The van der Waals surface area contributed by atoms with Gasteiger partial charge in [0.15, 0.2) is 0 Å². The van der Waals surface area contributed by atoms with Crippen LogP contribution in [0.2, 0.25) is 0 Å². The van der Waals surface area contributed by atoms with E-state index in [0.717, 1.165) is 17.9 Å². The third-order valence-corrected chi connectivity index (χ3v) is 4.79. The van der Waals surface area contributed by atoms with Gasteiger partial charge in [-0.2, -0.15) is 26.8 Å². The van der Waals surface area contributed by atoms with E-state index >= 15 is 0 Å². The Balaban J connectivity index is 1.64. The number of nitrogens with one attached hydrogen (secondary N) is 1. The molecule has 0 atom stereocenters. The Morgan fingerprint density at radius 2 is 1.89 bits per heavy atom. The van der Waals surface area contributed by atoms with Crippen molar-refractivity contribution in [3.8, 4) is 5.69 Å². The number of thioether (sulfide) groups is 1. The summed E-state index contributed by atoms with van der Waals surface area (Å²) >= 11 is 1.97. The fraction of sp³-hybridized carbons (Fsp3) is 0.385. The van der Waals surface area contributed by atoms with Crippen LogP contribution in [0, 0.1) is 0 Å². The number of anilines is 1. The number of hydrogen-bond acceptors (Lipinski definition) is 4. The van der Waals surface area contributed by atoms with Crippen LogP contribution in [0.5, 0.6) is 0 Å². The van der Waals surface area contributed by atoms with Gasteiger partial charge in [-0.05, 0) is 43.4 Å². The minimum absolute atomic E-state index is 0.488. The second-order valence-electron chi connectivity index (χ2n) is 4.61. The number of aromatic nitrogens is 3. The molecule has 0 radical (unpaired) electrons. The van der Waals surface area contributed by atoms with Crippen LogP contribution >= 0.6 is 11.8 Å². The van der Waals surface area contributed by atoms with Gasteiger partial charge >= 0.3 is 0 Å². The lowest BCUT2D eigenvalue weighted by molar-refractivity contribution is 0.752. The summed E-state index contributed by atoms with van der Waals surface area (Å²) in [5.74, 6) is 0. The van der Waals surface area contributed by atoms with Crippen LogP contribution in [0.3, 0.4) is 0 Å². The maximum absolute atomic E-state index is 4.11. The van der Waals surface area contributed by atoms with Crippen molar-refractivity contribution in [2.75, 3.05) is 18.1 Å². The zero-order valence-corrected chi connectivity index (χ0v) is 11.2. The van der Waals surface area contributed by atoms with Gasteiger partial charge in [-0.15, -0.1) is 0 Å². The van der Waals surface area contributed by atoms with E-state index in [9.17, 15) is 0 Å². The predicted octanol–water partition coefficient (Wildman–Crippen LogP) is 2.57. The first-order valence-corrected chi connectivity index (χ1v) is 7.30. The van der Waals surface area contributed by atoms with Gasteiger partial charge in [0.1, 0.15) is 0 Å². The highest BCUT2D eigenvalue weighted by Crippen LogP contribution is 2.46. The van der Waals surface area contributed by atoms with Crippen molar-refractivity contribution in [3.05, 3.63) is 36.7 Å². The Morgan fingerprint density at radius 3 is 2.44 bits per heavy atom. The van der Waals surface area contributed by atoms with E-state index in [1.165, 1.54) is 12.8 Å². The van der Waals surface area contributed by atoms with Crippen LogP contribution in [0.25, 0.3) is 5.69 Å². The van der Waals surface area contributed by atoms with Crippen molar-refractivity contribution in [1.29, 1.82) is 0 Å². The maximum Gasteiger partial charge on any atom is 0.0858 e. The normalized spacial score (nSPS) is 16.5. The number of nitrogens with zero attached hydrogens (tertiary/aromatic N) is 3. The first kappa shape index (κ1) is 11.6. The van der Waals surface area contributed by atoms with Crippen LogP contribution in [-0.4, -0.2) is 32.5 Å². The number of hydrogen-bond donors (Lipinski definition) is 1. The molecule has 3 rings (SSSR count). The molecule has 1 N–H and O–H groups in total. The smallest absolute Gasteiger partial charge is 0.0858 e. The van der Waals surface area contributed by atoms with Crippen molar-refractivity contribution in [2.45, 2.75) is 17.6 Å². The summed E-state index contributed by atoms with van der Waals surface area (Å²) in [7, 11) is 0.